The number of thiophene rings is 1. The van der Waals surface area contributed by atoms with Crippen molar-refractivity contribution in [3.63, 3.8) is 0 Å². The third-order valence-corrected chi connectivity index (χ3v) is 6.29. The van der Waals surface area contributed by atoms with E-state index in [9.17, 15) is 4.79 Å². The molecule has 2 aromatic carbocycles. The second-order valence-corrected chi connectivity index (χ2v) is 8.69. The van der Waals surface area contributed by atoms with Gasteiger partial charge in [-0.05, 0) is 28.1 Å². The number of nitrogens with zero attached hydrogens (tertiary/aromatic N) is 4. The summed E-state index contributed by atoms with van der Waals surface area (Å²) in [6.07, 6.45) is 7.34. The van der Waals surface area contributed by atoms with Gasteiger partial charge >= 0.3 is 0 Å². The molecule has 0 saturated heterocycles. The van der Waals surface area contributed by atoms with E-state index in [1.165, 1.54) is 0 Å². The quantitative estimate of drug-likeness (QED) is 0.366. The van der Waals surface area contributed by atoms with E-state index >= 15 is 0 Å². The van der Waals surface area contributed by atoms with Crippen molar-refractivity contribution >= 4 is 17.2 Å². The summed E-state index contributed by atoms with van der Waals surface area (Å²) < 4.78 is 3.86. The number of imidazole rings is 1. The molecule has 3 aromatic heterocycles. The normalized spacial score (nSPS) is 10.9. The third-order valence-electron chi connectivity index (χ3n) is 5.42. The van der Waals surface area contributed by atoms with Gasteiger partial charge < -0.3 is 9.88 Å². The largest absolute Gasteiger partial charge is 0.348 e. The molecule has 1 amide bonds. The van der Waals surface area contributed by atoms with Gasteiger partial charge in [-0.2, -0.15) is 5.10 Å². The van der Waals surface area contributed by atoms with Crippen LogP contribution in [0.1, 0.15) is 27.0 Å². The van der Waals surface area contributed by atoms with Gasteiger partial charge in [-0.3, -0.25) is 9.48 Å². The van der Waals surface area contributed by atoms with Gasteiger partial charge in [-0.25, -0.2) is 4.98 Å². The molecule has 0 fully saturated rings. The molecule has 0 aliphatic heterocycles. The van der Waals surface area contributed by atoms with E-state index in [4.69, 9.17) is 5.10 Å². The van der Waals surface area contributed by atoms with E-state index in [1.54, 1.807) is 23.9 Å². The molecular formula is C26H23N5OS. The maximum Gasteiger partial charge on any atom is 0.255 e. The van der Waals surface area contributed by atoms with Gasteiger partial charge in [0, 0.05) is 31.7 Å². The first-order chi connectivity index (χ1) is 16.3. The number of hydrogen-bond acceptors (Lipinski definition) is 4. The molecule has 6 nitrogen and oxygen atoms in total. The van der Waals surface area contributed by atoms with Gasteiger partial charge in [0.25, 0.3) is 5.91 Å². The molecule has 0 saturated carbocycles. The van der Waals surface area contributed by atoms with Crippen molar-refractivity contribution < 1.29 is 4.79 Å². The average molecular weight is 454 g/mol. The van der Waals surface area contributed by atoms with Crippen LogP contribution >= 0.6 is 11.3 Å². The number of nitrogens with one attached hydrogen (secondary N) is 1. The Labute approximate surface area is 196 Å². The van der Waals surface area contributed by atoms with E-state index < -0.39 is 0 Å². The van der Waals surface area contributed by atoms with Crippen molar-refractivity contribution in [2.45, 2.75) is 19.6 Å². The molecule has 0 spiro atoms. The first kappa shape index (κ1) is 20.9. The smallest absolute Gasteiger partial charge is 0.255 e. The Morgan fingerprint density at radius 1 is 0.939 bits per heavy atom. The van der Waals surface area contributed by atoms with E-state index in [-0.39, 0.29) is 5.91 Å². The second-order valence-electron chi connectivity index (χ2n) is 7.74. The lowest BCUT2D eigenvalue weighted by atomic mass is 10.1. The predicted octanol–water partition coefficient (Wildman–Crippen LogP) is 4.83. The first-order valence-electron chi connectivity index (χ1n) is 10.7. The van der Waals surface area contributed by atoms with Gasteiger partial charge in [-0.1, -0.05) is 60.7 Å². The number of hydrogen-bond donors (Lipinski definition) is 1. The number of aromatic nitrogens is 4. The monoisotopic (exact) mass is 453 g/mol. The number of rotatable bonds is 8. The average Bonchev–Trinajstić information content (AvgIpc) is 3.61. The Kier molecular flexibility index (Phi) is 6.12. The van der Waals surface area contributed by atoms with Crippen molar-refractivity contribution in [2.75, 3.05) is 0 Å². The molecule has 0 atom stereocenters. The van der Waals surface area contributed by atoms with Gasteiger partial charge in [0.05, 0.1) is 23.3 Å². The van der Waals surface area contributed by atoms with Crippen molar-refractivity contribution in [1.82, 2.24) is 24.6 Å². The highest BCUT2D eigenvalue weighted by molar-refractivity contribution is 7.13. The predicted molar refractivity (Wildman–Crippen MR) is 130 cm³/mol. The topological polar surface area (TPSA) is 64.7 Å². The zero-order valence-electron chi connectivity index (χ0n) is 18.0. The van der Waals surface area contributed by atoms with Crippen LogP contribution in [0.2, 0.25) is 0 Å². The molecule has 164 valence electrons. The number of carbonyl (C=O) groups excluding carboxylic acids is 1. The zero-order valence-corrected chi connectivity index (χ0v) is 18.8. The molecule has 33 heavy (non-hydrogen) atoms. The minimum atomic E-state index is -0.129. The summed E-state index contributed by atoms with van der Waals surface area (Å²) in [6.45, 7) is 1.76. The number of benzene rings is 2. The van der Waals surface area contributed by atoms with Gasteiger partial charge in [0.15, 0.2) is 0 Å². The van der Waals surface area contributed by atoms with Gasteiger partial charge in [0.2, 0.25) is 0 Å². The number of amides is 1. The molecule has 0 aliphatic rings. The summed E-state index contributed by atoms with van der Waals surface area (Å²) in [5.74, 6) is -0.129. The fourth-order valence-electron chi connectivity index (χ4n) is 3.77. The highest BCUT2D eigenvalue weighted by Crippen LogP contribution is 2.27. The number of carbonyl (C=O) groups is 1. The van der Waals surface area contributed by atoms with Crippen molar-refractivity contribution in [3.05, 3.63) is 119 Å². The SMILES string of the molecule is O=C(NCc1ccccc1Cn1ccnc1)c1cn(Cc2ccccc2)nc1-c1cccs1. The Morgan fingerprint density at radius 2 is 1.76 bits per heavy atom. The molecule has 0 unspecified atom stereocenters. The van der Waals surface area contributed by atoms with E-state index in [0.717, 1.165) is 21.6 Å². The van der Waals surface area contributed by atoms with Crippen LogP contribution in [-0.2, 0) is 19.6 Å². The molecule has 0 aliphatic carbocycles. The molecule has 3 heterocycles. The Morgan fingerprint density at radius 3 is 2.52 bits per heavy atom. The van der Waals surface area contributed by atoms with E-state index in [2.05, 4.69) is 28.5 Å². The van der Waals surface area contributed by atoms with E-state index in [0.29, 0.717) is 30.9 Å². The second kappa shape index (κ2) is 9.67. The van der Waals surface area contributed by atoms with Crippen molar-refractivity contribution in [2.24, 2.45) is 0 Å². The minimum absolute atomic E-state index is 0.129. The lowest BCUT2D eigenvalue weighted by Gasteiger charge is -2.11. The Hall–Kier alpha value is -3.97. The lowest BCUT2D eigenvalue weighted by Crippen LogP contribution is -2.23. The first-order valence-corrected chi connectivity index (χ1v) is 11.6. The van der Waals surface area contributed by atoms with Crippen LogP contribution in [0.4, 0.5) is 0 Å². The summed E-state index contributed by atoms with van der Waals surface area (Å²) >= 11 is 1.58. The maximum atomic E-state index is 13.3. The Bertz CT molecular complexity index is 1320. The molecule has 0 bridgehead atoms. The fraction of sp³-hybridized carbons (Fsp3) is 0.115. The van der Waals surface area contributed by atoms with Crippen LogP contribution in [0.5, 0.6) is 0 Å². The summed E-state index contributed by atoms with van der Waals surface area (Å²) in [5, 5.41) is 9.85. The zero-order chi connectivity index (χ0) is 22.5. The van der Waals surface area contributed by atoms with Crippen molar-refractivity contribution in [3.8, 4) is 10.6 Å². The minimum Gasteiger partial charge on any atom is -0.348 e. The maximum absolute atomic E-state index is 13.3. The third kappa shape index (κ3) is 4.94. The summed E-state index contributed by atoms with van der Waals surface area (Å²) in [4.78, 5) is 18.3. The van der Waals surface area contributed by atoms with Gasteiger partial charge in [-0.15, -0.1) is 11.3 Å². The fourth-order valence-corrected chi connectivity index (χ4v) is 4.49. The lowest BCUT2D eigenvalue weighted by molar-refractivity contribution is 0.0951. The highest BCUT2D eigenvalue weighted by atomic mass is 32.1. The van der Waals surface area contributed by atoms with Gasteiger partial charge in [0.1, 0.15) is 5.69 Å². The van der Waals surface area contributed by atoms with Crippen LogP contribution in [-0.4, -0.2) is 25.2 Å². The Balaban J connectivity index is 1.36. The van der Waals surface area contributed by atoms with Crippen LogP contribution in [0.25, 0.3) is 10.6 Å². The standard InChI is InChI=1S/C26H23N5OS/c32-26(28-15-21-9-4-5-10-22(21)17-30-13-12-27-19-30)23-18-31(16-20-7-2-1-3-8-20)29-25(23)24-11-6-14-33-24/h1-14,18-19H,15-17H2,(H,28,32). The van der Waals surface area contributed by atoms with E-state index in [1.807, 2.05) is 75.6 Å². The summed E-state index contributed by atoms with van der Waals surface area (Å²) in [6, 6.07) is 22.2. The molecule has 0 radical (unpaired) electrons. The molecule has 5 aromatic rings. The van der Waals surface area contributed by atoms with Crippen LogP contribution < -0.4 is 5.32 Å². The molecule has 1 N–H and O–H groups in total. The van der Waals surface area contributed by atoms with Crippen LogP contribution in [0.3, 0.4) is 0 Å². The van der Waals surface area contributed by atoms with Crippen LogP contribution in [0.15, 0.2) is 97.0 Å². The molecular weight excluding hydrogens is 430 g/mol. The summed E-state index contributed by atoms with van der Waals surface area (Å²) in [7, 11) is 0. The van der Waals surface area contributed by atoms with Crippen molar-refractivity contribution in [1.29, 1.82) is 0 Å². The van der Waals surface area contributed by atoms with Crippen LogP contribution in [0, 0.1) is 0 Å². The molecule has 7 heteroatoms. The highest BCUT2D eigenvalue weighted by Gasteiger charge is 2.19. The summed E-state index contributed by atoms with van der Waals surface area (Å²) in [5.41, 5.74) is 4.66. The molecule has 5 rings (SSSR count).